The summed E-state index contributed by atoms with van der Waals surface area (Å²) < 4.78 is 23.4. The molecule has 0 aromatic carbocycles. The van der Waals surface area contributed by atoms with Crippen molar-refractivity contribution >= 4 is 38.4 Å². The van der Waals surface area contributed by atoms with Gasteiger partial charge in [-0.1, -0.05) is 0 Å². The van der Waals surface area contributed by atoms with Crippen LogP contribution < -0.4 is 0 Å². The Morgan fingerprint density at radius 2 is 2.17 bits per heavy atom. The molecule has 1 aliphatic rings. The first-order valence-corrected chi connectivity index (χ1v) is 11.2. The summed E-state index contributed by atoms with van der Waals surface area (Å²) in [6, 6.07) is 1.72. The number of thiophene rings is 1. The summed E-state index contributed by atoms with van der Waals surface area (Å²) in [5.41, 5.74) is 1.79. The van der Waals surface area contributed by atoms with E-state index in [1.807, 2.05) is 22.2 Å². The van der Waals surface area contributed by atoms with Crippen molar-refractivity contribution in [3.8, 4) is 10.6 Å². The topological polar surface area (TPSA) is 70.6 Å². The monoisotopic (exact) mass is 385 g/mol. The number of hydrazine groups is 1. The average Bonchev–Trinajstić information content (AvgIpc) is 3.19. The van der Waals surface area contributed by atoms with Gasteiger partial charge in [0, 0.05) is 30.4 Å². The number of carbonyl (C=O) groups excluding carboxylic acids is 1. The highest BCUT2D eigenvalue weighted by Gasteiger charge is 2.36. The molecule has 24 heavy (non-hydrogen) atoms. The Balaban J connectivity index is 1.72. The molecule has 3 heterocycles. The molecule has 0 bridgehead atoms. The van der Waals surface area contributed by atoms with E-state index < -0.39 is 9.84 Å². The minimum Gasteiger partial charge on any atom is -0.273 e. The third-order valence-corrected chi connectivity index (χ3v) is 7.27. The van der Waals surface area contributed by atoms with Crippen LogP contribution in [0, 0.1) is 0 Å². The van der Waals surface area contributed by atoms with Crippen molar-refractivity contribution in [2.24, 2.45) is 0 Å². The molecule has 1 unspecified atom stereocenters. The smallest absolute Gasteiger partial charge is 0.243 e. The van der Waals surface area contributed by atoms with Crippen molar-refractivity contribution in [3.63, 3.8) is 0 Å². The second kappa shape index (κ2) is 6.91. The van der Waals surface area contributed by atoms with Crippen molar-refractivity contribution < 1.29 is 13.2 Å². The Kier molecular flexibility index (Phi) is 5.05. The van der Waals surface area contributed by atoms with E-state index in [1.54, 1.807) is 35.4 Å². The summed E-state index contributed by atoms with van der Waals surface area (Å²) in [6.45, 7) is 0. The second-order valence-electron chi connectivity index (χ2n) is 5.98. The predicted octanol–water partition coefficient (Wildman–Crippen LogP) is 1.91. The first-order valence-electron chi connectivity index (χ1n) is 7.52. The first kappa shape index (κ1) is 17.5. The highest BCUT2D eigenvalue weighted by Crippen LogP contribution is 2.26. The van der Waals surface area contributed by atoms with E-state index in [9.17, 15) is 13.2 Å². The van der Waals surface area contributed by atoms with Crippen LogP contribution in [-0.2, 0) is 21.1 Å². The van der Waals surface area contributed by atoms with Crippen molar-refractivity contribution in [2.45, 2.75) is 18.9 Å². The molecule has 0 aliphatic carbocycles. The summed E-state index contributed by atoms with van der Waals surface area (Å²) in [7, 11) is 0.490. The van der Waals surface area contributed by atoms with Crippen LogP contribution in [0.4, 0.5) is 0 Å². The Labute approximate surface area is 149 Å². The maximum absolute atomic E-state index is 12.7. The van der Waals surface area contributed by atoms with Crippen LogP contribution in [0.15, 0.2) is 22.2 Å². The van der Waals surface area contributed by atoms with Crippen molar-refractivity contribution in [3.05, 3.63) is 27.9 Å². The first-order chi connectivity index (χ1) is 11.4. The Hall–Kier alpha value is -1.29. The zero-order valence-corrected chi connectivity index (χ0v) is 16.0. The van der Waals surface area contributed by atoms with Crippen molar-refractivity contribution in [1.29, 1.82) is 0 Å². The summed E-state index contributed by atoms with van der Waals surface area (Å²) in [4.78, 5) is 17.2. The summed E-state index contributed by atoms with van der Waals surface area (Å²) in [5.74, 6) is 0.0619. The fraction of sp³-hybridized carbons (Fsp3) is 0.467. The van der Waals surface area contributed by atoms with Gasteiger partial charge >= 0.3 is 0 Å². The molecule has 1 amide bonds. The number of sulfone groups is 1. The minimum absolute atomic E-state index is 0.0359. The van der Waals surface area contributed by atoms with Gasteiger partial charge in [0.05, 0.1) is 29.7 Å². The van der Waals surface area contributed by atoms with Crippen LogP contribution in [0.1, 0.15) is 12.1 Å². The van der Waals surface area contributed by atoms with E-state index in [0.717, 1.165) is 16.3 Å². The maximum Gasteiger partial charge on any atom is 0.243 e. The van der Waals surface area contributed by atoms with Gasteiger partial charge in [0.15, 0.2) is 9.84 Å². The van der Waals surface area contributed by atoms with E-state index >= 15 is 0 Å². The van der Waals surface area contributed by atoms with Crippen LogP contribution in [0.2, 0.25) is 0 Å². The molecule has 2 aromatic rings. The molecule has 0 spiro atoms. The van der Waals surface area contributed by atoms with E-state index in [1.165, 1.54) is 11.3 Å². The van der Waals surface area contributed by atoms with Crippen LogP contribution in [-0.4, -0.2) is 61.0 Å². The molecular formula is C15H19N3O3S3. The second-order valence-corrected chi connectivity index (χ2v) is 9.84. The highest BCUT2D eigenvalue weighted by molar-refractivity contribution is 7.91. The van der Waals surface area contributed by atoms with Crippen LogP contribution in [0.3, 0.4) is 0 Å². The maximum atomic E-state index is 12.7. The number of hydrogen-bond donors (Lipinski definition) is 0. The summed E-state index contributed by atoms with van der Waals surface area (Å²) in [6.07, 6.45) is 0.666. The predicted molar refractivity (Wildman–Crippen MR) is 96.7 cm³/mol. The molecule has 9 heteroatoms. The Morgan fingerprint density at radius 3 is 2.75 bits per heavy atom. The average molecular weight is 386 g/mol. The van der Waals surface area contributed by atoms with Gasteiger partial charge in [-0.05, 0) is 17.9 Å². The fourth-order valence-corrected chi connectivity index (χ4v) is 6.09. The van der Waals surface area contributed by atoms with Gasteiger partial charge in [-0.3, -0.25) is 9.80 Å². The normalized spacial score (nSPS) is 19.7. The molecule has 3 rings (SSSR count). The SMILES string of the molecule is CN(C)N(C(=O)Cc1csc(-c2ccsc2)n1)C1CCS(=O)(=O)C1. The van der Waals surface area contributed by atoms with Crippen LogP contribution >= 0.6 is 22.7 Å². The zero-order valence-electron chi connectivity index (χ0n) is 13.5. The third-order valence-electron chi connectivity index (χ3n) is 3.89. The molecule has 0 radical (unpaired) electrons. The lowest BCUT2D eigenvalue weighted by atomic mass is 10.2. The largest absolute Gasteiger partial charge is 0.273 e. The summed E-state index contributed by atoms with van der Waals surface area (Å²) >= 11 is 3.13. The molecular weight excluding hydrogens is 366 g/mol. The number of thiazole rings is 1. The molecule has 130 valence electrons. The quantitative estimate of drug-likeness (QED) is 0.735. The molecule has 6 nitrogen and oxygen atoms in total. The van der Waals surface area contributed by atoms with Crippen molar-refractivity contribution in [1.82, 2.24) is 15.0 Å². The lowest BCUT2D eigenvalue weighted by Gasteiger charge is -2.33. The highest BCUT2D eigenvalue weighted by atomic mass is 32.2. The number of rotatable bonds is 5. The molecule has 1 saturated heterocycles. The number of aromatic nitrogens is 1. The van der Waals surface area contributed by atoms with Gasteiger partial charge in [-0.2, -0.15) is 11.3 Å². The zero-order chi connectivity index (χ0) is 17.3. The van der Waals surface area contributed by atoms with Gasteiger partial charge in [-0.15, -0.1) is 11.3 Å². The lowest BCUT2D eigenvalue weighted by molar-refractivity contribution is -0.148. The fourth-order valence-electron chi connectivity index (χ4n) is 2.86. The number of nitrogens with zero attached hydrogens (tertiary/aromatic N) is 3. The number of amides is 1. The van der Waals surface area contributed by atoms with E-state index in [4.69, 9.17) is 0 Å². The Morgan fingerprint density at radius 1 is 1.38 bits per heavy atom. The summed E-state index contributed by atoms with van der Waals surface area (Å²) in [5, 5.41) is 10.1. The lowest BCUT2D eigenvalue weighted by Crippen LogP contribution is -2.50. The molecule has 0 saturated carbocycles. The molecule has 1 aliphatic heterocycles. The number of hydrogen-bond acceptors (Lipinski definition) is 7. The third kappa shape index (κ3) is 3.85. The molecule has 0 N–H and O–H groups in total. The van der Waals surface area contributed by atoms with Crippen LogP contribution in [0.25, 0.3) is 10.6 Å². The molecule has 1 fully saturated rings. The van der Waals surface area contributed by atoms with Crippen molar-refractivity contribution in [2.75, 3.05) is 25.6 Å². The Bertz CT molecular complexity index is 812. The van der Waals surface area contributed by atoms with Gasteiger partial charge in [0.2, 0.25) is 5.91 Å². The van der Waals surface area contributed by atoms with E-state index in [2.05, 4.69) is 4.98 Å². The molecule has 1 atom stereocenters. The van der Waals surface area contributed by atoms with Crippen LogP contribution in [0.5, 0.6) is 0 Å². The van der Waals surface area contributed by atoms with Gasteiger partial charge in [0.1, 0.15) is 5.01 Å². The van der Waals surface area contributed by atoms with Gasteiger partial charge in [0.25, 0.3) is 0 Å². The molecule has 2 aromatic heterocycles. The van der Waals surface area contributed by atoms with E-state index in [-0.39, 0.29) is 29.9 Å². The van der Waals surface area contributed by atoms with Gasteiger partial charge < -0.3 is 0 Å². The van der Waals surface area contributed by atoms with Gasteiger partial charge in [-0.25, -0.2) is 18.4 Å². The number of carbonyl (C=O) groups is 1. The van der Waals surface area contributed by atoms with E-state index in [0.29, 0.717) is 6.42 Å². The standard InChI is InChI=1S/C15H19N3O3S3/c1-17(2)18(13-4-6-24(20,21)10-13)14(19)7-12-9-23-15(16-12)11-3-5-22-8-11/h3,5,8-9,13H,4,6-7,10H2,1-2H3. The minimum atomic E-state index is -3.04.